The number of benzene rings is 3. The number of anilines is 2. The molecule has 3 aromatic carbocycles. The van der Waals surface area contributed by atoms with E-state index in [9.17, 15) is 15.0 Å². The Balaban J connectivity index is 1.92. The molecular weight excluding hydrogens is 384 g/mol. The van der Waals surface area contributed by atoms with Crippen LogP contribution in [-0.4, -0.2) is 37.4 Å². The molecule has 0 spiro atoms. The Hall–Kier alpha value is -3.87. The molecule has 1 atom stereocenters. The molecule has 1 unspecified atom stereocenters. The summed E-state index contributed by atoms with van der Waals surface area (Å²) in [6.07, 6.45) is -0.582. The molecule has 1 heterocycles. The number of methoxy groups -OCH3 is 2. The van der Waals surface area contributed by atoms with Crippen LogP contribution in [0.1, 0.15) is 22.1 Å². The maximum absolute atomic E-state index is 13.5. The molecule has 154 valence electrons. The van der Waals surface area contributed by atoms with Crippen molar-refractivity contribution < 1.29 is 24.5 Å². The van der Waals surface area contributed by atoms with Crippen molar-refractivity contribution in [3.63, 3.8) is 0 Å². The summed E-state index contributed by atoms with van der Waals surface area (Å²) in [6.45, 7) is 0. The molecular formula is C23H22N2O5. The third-order valence-electron chi connectivity index (χ3n) is 5.29. The quantitative estimate of drug-likeness (QED) is 0.640. The lowest BCUT2D eigenvalue weighted by Crippen LogP contribution is -2.48. The van der Waals surface area contributed by atoms with Gasteiger partial charge in [-0.3, -0.25) is 9.69 Å². The minimum atomic E-state index is -0.582. The number of aromatic hydroxyl groups is 2. The third kappa shape index (κ3) is 3.04. The smallest absolute Gasteiger partial charge is 0.262 e. The topological polar surface area (TPSA) is 82.5 Å². The molecule has 7 heteroatoms. The van der Waals surface area contributed by atoms with Gasteiger partial charge in [-0.1, -0.05) is 12.1 Å². The largest absolute Gasteiger partial charge is 0.504 e. The summed E-state index contributed by atoms with van der Waals surface area (Å²) in [4.78, 5) is 17.1. The van der Waals surface area contributed by atoms with Crippen LogP contribution in [0.2, 0.25) is 0 Å². The second-order valence-corrected chi connectivity index (χ2v) is 6.97. The molecule has 1 amide bonds. The Morgan fingerprint density at radius 3 is 2.30 bits per heavy atom. The van der Waals surface area contributed by atoms with Crippen molar-refractivity contribution >= 4 is 17.3 Å². The minimum Gasteiger partial charge on any atom is -0.504 e. The summed E-state index contributed by atoms with van der Waals surface area (Å²) in [5.41, 5.74) is 2.59. The first-order chi connectivity index (χ1) is 14.5. The summed E-state index contributed by atoms with van der Waals surface area (Å²) >= 11 is 0. The normalized spacial score (nSPS) is 15.7. The van der Waals surface area contributed by atoms with Gasteiger partial charge < -0.3 is 24.6 Å². The number of amides is 1. The Kier molecular flexibility index (Phi) is 4.87. The minimum absolute atomic E-state index is 0.124. The number of para-hydroxylation sites is 1. The van der Waals surface area contributed by atoms with Crippen molar-refractivity contribution in [2.24, 2.45) is 0 Å². The summed E-state index contributed by atoms with van der Waals surface area (Å²) in [7, 11) is 4.87. The molecule has 3 aromatic rings. The van der Waals surface area contributed by atoms with Crippen LogP contribution in [0.3, 0.4) is 0 Å². The van der Waals surface area contributed by atoms with Gasteiger partial charge in [0.25, 0.3) is 5.91 Å². The van der Waals surface area contributed by atoms with Gasteiger partial charge in [0.15, 0.2) is 11.5 Å². The highest BCUT2D eigenvalue weighted by Crippen LogP contribution is 2.45. The second-order valence-electron chi connectivity index (χ2n) is 6.97. The fourth-order valence-corrected chi connectivity index (χ4v) is 3.80. The molecule has 1 aliphatic heterocycles. The van der Waals surface area contributed by atoms with Crippen molar-refractivity contribution in [2.75, 3.05) is 31.1 Å². The van der Waals surface area contributed by atoms with Gasteiger partial charge >= 0.3 is 0 Å². The van der Waals surface area contributed by atoms with Gasteiger partial charge in [-0.05, 0) is 48.5 Å². The zero-order chi connectivity index (χ0) is 21.4. The number of rotatable bonds is 4. The molecule has 4 rings (SSSR count). The lowest BCUT2D eigenvalue weighted by atomic mass is 10.00. The number of ether oxygens (including phenoxy) is 2. The molecule has 0 saturated heterocycles. The molecule has 30 heavy (non-hydrogen) atoms. The van der Waals surface area contributed by atoms with Crippen LogP contribution in [0, 0.1) is 0 Å². The number of phenols is 2. The molecule has 2 N–H and O–H groups in total. The van der Waals surface area contributed by atoms with Crippen LogP contribution >= 0.6 is 0 Å². The Morgan fingerprint density at radius 1 is 0.933 bits per heavy atom. The third-order valence-corrected chi connectivity index (χ3v) is 5.29. The standard InChI is InChI=1S/C23H22N2O5/c1-24-18-7-5-4-6-17(18)23(28)25(15-8-10-16(29-2)11-9-15)22(24)14-12-19(26)21(27)20(13-14)30-3/h4-13,22,26-27H,1-3H3. The summed E-state index contributed by atoms with van der Waals surface area (Å²) in [5.74, 6) is -0.0385. The van der Waals surface area contributed by atoms with Crippen LogP contribution in [0.15, 0.2) is 60.7 Å². The summed E-state index contributed by atoms with van der Waals surface area (Å²) in [6, 6.07) is 17.6. The number of carbonyl (C=O) groups is 1. The fourth-order valence-electron chi connectivity index (χ4n) is 3.80. The number of nitrogens with zero attached hydrogens (tertiary/aromatic N) is 2. The predicted molar refractivity (Wildman–Crippen MR) is 114 cm³/mol. The van der Waals surface area contributed by atoms with E-state index in [1.165, 1.54) is 13.2 Å². The van der Waals surface area contributed by atoms with Crippen LogP contribution < -0.4 is 19.3 Å². The Labute approximate surface area is 174 Å². The first kappa shape index (κ1) is 19.4. The molecule has 0 aliphatic carbocycles. The van der Waals surface area contributed by atoms with Crippen LogP contribution in [0.4, 0.5) is 11.4 Å². The highest BCUT2D eigenvalue weighted by molar-refractivity contribution is 6.12. The molecule has 0 saturated carbocycles. The lowest BCUT2D eigenvalue weighted by molar-refractivity contribution is 0.0969. The predicted octanol–water partition coefficient (Wildman–Crippen LogP) is 3.91. The first-order valence-corrected chi connectivity index (χ1v) is 9.35. The molecule has 7 nitrogen and oxygen atoms in total. The van der Waals surface area contributed by atoms with Gasteiger partial charge in [0, 0.05) is 18.3 Å². The summed E-state index contributed by atoms with van der Waals surface area (Å²) in [5, 5.41) is 20.3. The highest BCUT2D eigenvalue weighted by atomic mass is 16.5. The molecule has 0 aromatic heterocycles. The van der Waals surface area contributed by atoms with Crippen LogP contribution in [0.25, 0.3) is 0 Å². The number of carbonyl (C=O) groups excluding carboxylic acids is 1. The lowest BCUT2D eigenvalue weighted by Gasteiger charge is -2.44. The van der Waals surface area contributed by atoms with Gasteiger partial charge in [-0.25, -0.2) is 0 Å². The van der Waals surface area contributed by atoms with Crippen molar-refractivity contribution in [3.05, 3.63) is 71.8 Å². The van der Waals surface area contributed by atoms with E-state index in [0.717, 1.165) is 5.69 Å². The van der Waals surface area contributed by atoms with Crippen molar-refractivity contribution in [1.29, 1.82) is 0 Å². The number of fused-ring (bicyclic) bond motifs is 1. The molecule has 0 fully saturated rings. The Bertz CT molecular complexity index is 1100. The van der Waals surface area contributed by atoms with Crippen LogP contribution in [-0.2, 0) is 0 Å². The van der Waals surface area contributed by atoms with E-state index in [4.69, 9.17) is 9.47 Å². The number of hydrogen-bond donors (Lipinski definition) is 2. The van der Waals surface area contributed by atoms with Gasteiger partial charge in [0.2, 0.25) is 5.75 Å². The van der Waals surface area contributed by atoms with E-state index >= 15 is 0 Å². The van der Waals surface area contributed by atoms with Crippen molar-refractivity contribution in [1.82, 2.24) is 0 Å². The SMILES string of the molecule is COc1ccc(N2C(=O)c3ccccc3N(C)C2c2cc(O)c(O)c(OC)c2)cc1. The second kappa shape index (κ2) is 7.51. The Morgan fingerprint density at radius 2 is 1.63 bits per heavy atom. The van der Waals surface area contributed by atoms with E-state index in [-0.39, 0.29) is 23.2 Å². The molecule has 0 bridgehead atoms. The molecule has 0 radical (unpaired) electrons. The summed E-state index contributed by atoms with van der Waals surface area (Å²) < 4.78 is 10.5. The van der Waals surface area contributed by atoms with Gasteiger partial charge in [0.1, 0.15) is 11.9 Å². The molecule has 1 aliphatic rings. The van der Waals surface area contributed by atoms with E-state index in [2.05, 4.69) is 0 Å². The zero-order valence-corrected chi connectivity index (χ0v) is 16.9. The maximum Gasteiger partial charge on any atom is 0.262 e. The van der Waals surface area contributed by atoms with Crippen LogP contribution in [0.5, 0.6) is 23.0 Å². The maximum atomic E-state index is 13.5. The van der Waals surface area contributed by atoms with E-state index in [1.54, 1.807) is 36.3 Å². The van der Waals surface area contributed by atoms with Gasteiger partial charge in [-0.15, -0.1) is 0 Å². The zero-order valence-electron chi connectivity index (χ0n) is 16.9. The number of hydrogen-bond acceptors (Lipinski definition) is 6. The average Bonchev–Trinajstić information content (AvgIpc) is 2.78. The van der Waals surface area contributed by atoms with Gasteiger partial charge in [-0.2, -0.15) is 0 Å². The van der Waals surface area contributed by atoms with E-state index in [1.807, 2.05) is 42.3 Å². The van der Waals surface area contributed by atoms with Gasteiger partial charge in [0.05, 0.1) is 25.5 Å². The van der Waals surface area contributed by atoms with Crippen molar-refractivity contribution in [2.45, 2.75) is 6.17 Å². The fraction of sp³-hybridized carbons (Fsp3) is 0.174. The number of phenolic OH excluding ortho intramolecular Hbond substituents is 2. The van der Waals surface area contributed by atoms with E-state index < -0.39 is 6.17 Å². The van der Waals surface area contributed by atoms with Crippen molar-refractivity contribution in [3.8, 4) is 23.0 Å². The first-order valence-electron chi connectivity index (χ1n) is 9.35. The highest BCUT2D eigenvalue weighted by Gasteiger charge is 2.38. The van der Waals surface area contributed by atoms with E-state index in [0.29, 0.717) is 22.6 Å². The average molecular weight is 406 g/mol. The monoisotopic (exact) mass is 406 g/mol.